The number of hydrogen-bond acceptors (Lipinski definition) is 4. The average Bonchev–Trinajstić information content (AvgIpc) is 2.52. The zero-order valence-corrected chi connectivity index (χ0v) is 12.1. The summed E-state index contributed by atoms with van der Waals surface area (Å²) >= 11 is 0. The average molecular weight is 286 g/mol. The number of benzene rings is 2. The maximum atomic E-state index is 12.3. The van der Waals surface area contributed by atoms with Gasteiger partial charge in [-0.25, -0.2) is 0 Å². The Labute approximate surface area is 123 Å². The second-order valence-corrected chi connectivity index (χ2v) is 4.42. The van der Waals surface area contributed by atoms with E-state index in [0.29, 0.717) is 23.5 Å². The molecule has 0 unspecified atom stereocenters. The number of nitrogens with one attached hydrogen (secondary N) is 1. The van der Waals surface area contributed by atoms with Crippen molar-refractivity contribution in [2.24, 2.45) is 0 Å². The molecule has 0 aromatic heterocycles. The molecule has 5 nitrogen and oxygen atoms in total. The van der Waals surface area contributed by atoms with Crippen LogP contribution in [0.15, 0.2) is 42.5 Å². The first-order valence-corrected chi connectivity index (χ1v) is 6.50. The van der Waals surface area contributed by atoms with Gasteiger partial charge in [0, 0.05) is 17.8 Å². The Morgan fingerprint density at radius 2 is 1.71 bits per heavy atom. The van der Waals surface area contributed by atoms with Gasteiger partial charge in [0.25, 0.3) is 5.91 Å². The zero-order valence-electron chi connectivity index (χ0n) is 12.1. The number of anilines is 1. The van der Waals surface area contributed by atoms with Crippen LogP contribution in [-0.4, -0.2) is 20.1 Å². The molecule has 2 aromatic rings. The molecule has 0 spiro atoms. The third-order valence-electron chi connectivity index (χ3n) is 3.14. The molecule has 0 aliphatic rings. The number of nitrogen functional groups attached to an aromatic ring is 1. The lowest BCUT2D eigenvalue weighted by Gasteiger charge is -2.13. The fraction of sp³-hybridized carbons (Fsp3) is 0.188. The first kappa shape index (κ1) is 14.7. The van der Waals surface area contributed by atoms with E-state index in [1.54, 1.807) is 25.3 Å². The molecular weight excluding hydrogens is 268 g/mol. The second-order valence-electron chi connectivity index (χ2n) is 4.42. The standard InChI is InChI=1S/C16H18N2O3/c1-20-13-8-4-3-6-11(13)10-18-16(19)15-12(17)7-5-9-14(15)21-2/h3-9H,10,17H2,1-2H3,(H,18,19). The smallest absolute Gasteiger partial charge is 0.257 e. The molecule has 0 fully saturated rings. The minimum absolute atomic E-state index is 0.282. The van der Waals surface area contributed by atoms with Crippen molar-refractivity contribution in [2.45, 2.75) is 6.54 Å². The first-order chi connectivity index (χ1) is 10.2. The lowest BCUT2D eigenvalue weighted by molar-refractivity contribution is 0.0948. The summed E-state index contributed by atoms with van der Waals surface area (Å²) in [5.74, 6) is 0.897. The van der Waals surface area contributed by atoms with Crippen LogP contribution in [0.3, 0.4) is 0 Å². The van der Waals surface area contributed by atoms with Gasteiger partial charge in [-0.3, -0.25) is 4.79 Å². The summed E-state index contributed by atoms with van der Waals surface area (Å²) in [4.78, 5) is 12.3. The van der Waals surface area contributed by atoms with Crippen molar-refractivity contribution < 1.29 is 14.3 Å². The summed E-state index contributed by atoms with van der Waals surface area (Å²) < 4.78 is 10.4. The fourth-order valence-electron chi connectivity index (χ4n) is 2.07. The van der Waals surface area contributed by atoms with Crippen molar-refractivity contribution in [3.8, 4) is 11.5 Å². The maximum Gasteiger partial charge on any atom is 0.257 e. The third kappa shape index (κ3) is 3.25. The van der Waals surface area contributed by atoms with E-state index in [4.69, 9.17) is 15.2 Å². The largest absolute Gasteiger partial charge is 0.496 e. The van der Waals surface area contributed by atoms with E-state index >= 15 is 0 Å². The predicted octanol–water partition coefficient (Wildman–Crippen LogP) is 2.22. The van der Waals surface area contributed by atoms with E-state index in [2.05, 4.69) is 5.32 Å². The highest BCUT2D eigenvalue weighted by atomic mass is 16.5. The lowest BCUT2D eigenvalue weighted by Crippen LogP contribution is -2.24. The molecule has 0 aliphatic carbocycles. The second kappa shape index (κ2) is 6.65. The number of ether oxygens (including phenoxy) is 2. The van der Waals surface area contributed by atoms with Gasteiger partial charge in [-0.15, -0.1) is 0 Å². The number of amides is 1. The minimum Gasteiger partial charge on any atom is -0.496 e. The summed E-state index contributed by atoms with van der Waals surface area (Å²) in [5, 5.41) is 2.83. The number of rotatable bonds is 5. The Bertz CT molecular complexity index is 641. The van der Waals surface area contributed by atoms with Crippen LogP contribution in [0.1, 0.15) is 15.9 Å². The van der Waals surface area contributed by atoms with Crippen molar-refractivity contribution in [2.75, 3.05) is 20.0 Å². The van der Waals surface area contributed by atoms with Crippen molar-refractivity contribution in [3.05, 3.63) is 53.6 Å². The van der Waals surface area contributed by atoms with E-state index in [-0.39, 0.29) is 5.91 Å². The van der Waals surface area contributed by atoms with E-state index in [9.17, 15) is 4.79 Å². The van der Waals surface area contributed by atoms with Crippen LogP contribution in [-0.2, 0) is 6.54 Å². The van der Waals surface area contributed by atoms with Gasteiger partial charge in [-0.05, 0) is 18.2 Å². The number of carbonyl (C=O) groups is 1. The number of nitrogens with two attached hydrogens (primary N) is 1. The SMILES string of the molecule is COc1ccccc1CNC(=O)c1c(N)cccc1OC. The normalized spacial score (nSPS) is 10.0. The number of hydrogen-bond donors (Lipinski definition) is 2. The van der Waals surface area contributed by atoms with Crippen molar-refractivity contribution in [1.82, 2.24) is 5.32 Å². The van der Waals surface area contributed by atoms with E-state index in [1.807, 2.05) is 24.3 Å². The summed E-state index contributed by atoms with van der Waals surface area (Å²) in [7, 11) is 3.10. The molecule has 21 heavy (non-hydrogen) atoms. The molecule has 0 aliphatic heterocycles. The van der Waals surface area contributed by atoms with Crippen LogP contribution in [0.25, 0.3) is 0 Å². The summed E-state index contributed by atoms with van der Waals surface area (Å²) in [5.41, 5.74) is 7.47. The Balaban J connectivity index is 2.16. The lowest BCUT2D eigenvalue weighted by atomic mass is 10.1. The fourth-order valence-corrected chi connectivity index (χ4v) is 2.07. The van der Waals surface area contributed by atoms with Gasteiger partial charge < -0.3 is 20.5 Å². The van der Waals surface area contributed by atoms with Crippen LogP contribution >= 0.6 is 0 Å². The molecule has 1 amide bonds. The van der Waals surface area contributed by atoms with Crippen LogP contribution in [0.5, 0.6) is 11.5 Å². The Kier molecular flexibility index (Phi) is 4.66. The quantitative estimate of drug-likeness (QED) is 0.827. The van der Waals surface area contributed by atoms with Gasteiger partial charge in [0.05, 0.1) is 14.2 Å². The van der Waals surface area contributed by atoms with Gasteiger partial charge in [0.2, 0.25) is 0 Å². The van der Waals surface area contributed by atoms with Gasteiger partial charge >= 0.3 is 0 Å². The summed E-state index contributed by atoms with van der Waals surface area (Å²) in [6.45, 7) is 0.348. The Morgan fingerprint density at radius 1 is 1.05 bits per heavy atom. The van der Waals surface area contributed by atoms with Crippen LogP contribution in [0.4, 0.5) is 5.69 Å². The number of para-hydroxylation sites is 1. The molecule has 0 bridgehead atoms. The molecule has 3 N–H and O–H groups in total. The Hall–Kier alpha value is -2.69. The van der Waals surface area contributed by atoms with Crippen molar-refractivity contribution >= 4 is 11.6 Å². The minimum atomic E-state index is -0.282. The molecule has 0 saturated heterocycles. The molecule has 2 aromatic carbocycles. The van der Waals surface area contributed by atoms with Crippen LogP contribution < -0.4 is 20.5 Å². The van der Waals surface area contributed by atoms with Gasteiger partial charge in [0.1, 0.15) is 17.1 Å². The molecule has 5 heteroatoms. The molecule has 0 atom stereocenters. The summed E-state index contributed by atoms with van der Waals surface area (Å²) in [6, 6.07) is 12.6. The predicted molar refractivity (Wildman–Crippen MR) is 81.6 cm³/mol. The molecule has 0 radical (unpaired) electrons. The Morgan fingerprint density at radius 3 is 2.43 bits per heavy atom. The zero-order chi connectivity index (χ0) is 15.2. The van der Waals surface area contributed by atoms with E-state index in [0.717, 1.165) is 11.3 Å². The monoisotopic (exact) mass is 286 g/mol. The van der Waals surface area contributed by atoms with Gasteiger partial charge in [0.15, 0.2) is 0 Å². The third-order valence-corrected chi connectivity index (χ3v) is 3.14. The number of carbonyl (C=O) groups excluding carboxylic acids is 1. The van der Waals surface area contributed by atoms with Gasteiger partial charge in [-0.2, -0.15) is 0 Å². The molecule has 2 rings (SSSR count). The maximum absolute atomic E-state index is 12.3. The highest BCUT2D eigenvalue weighted by molar-refractivity contribution is 6.01. The van der Waals surface area contributed by atoms with Crippen LogP contribution in [0, 0.1) is 0 Å². The molecule has 0 heterocycles. The molecule has 0 saturated carbocycles. The van der Waals surface area contributed by atoms with Crippen LogP contribution in [0.2, 0.25) is 0 Å². The first-order valence-electron chi connectivity index (χ1n) is 6.50. The topological polar surface area (TPSA) is 73.6 Å². The van der Waals surface area contributed by atoms with Gasteiger partial charge in [-0.1, -0.05) is 24.3 Å². The van der Waals surface area contributed by atoms with E-state index < -0.39 is 0 Å². The molecule has 110 valence electrons. The highest BCUT2D eigenvalue weighted by Gasteiger charge is 2.15. The summed E-state index contributed by atoms with van der Waals surface area (Å²) in [6.07, 6.45) is 0. The highest BCUT2D eigenvalue weighted by Crippen LogP contribution is 2.24. The van der Waals surface area contributed by atoms with Crippen molar-refractivity contribution in [3.63, 3.8) is 0 Å². The van der Waals surface area contributed by atoms with Crippen molar-refractivity contribution in [1.29, 1.82) is 0 Å². The molecular formula is C16H18N2O3. The van der Waals surface area contributed by atoms with E-state index in [1.165, 1.54) is 7.11 Å². The number of methoxy groups -OCH3 is 2.